The molecular weight excluding hydrogens is 562 g/mol. The molecule has 2 aromatic rings. The first-order valence-corrected chi connectivity index (χ1v) is 14.3. The topological polar surface area (TPSA) is 143 Å². The molecule has 1 unspecified atom stereocenters. The fraction of sp³-hybridized carbons (Fsp3) is 0.567. The number of fused-ring (bicyclic) bond motifs is 1. The molecule has 1 fully saturated rings. The van der Waals surface area contributed by atoms with E-state index in [1.54, 1.807) is 16.8 Å². The fourth-order valence-corrected chi connectivity index (χ4v) is 5.88. The van der Waals surface area contributed by atoms with Crippen molar-refractivity contribution in [3.63, 3.8) is 0 Å². The fourth-order valence-electron chi connectivity index (χ4n) is 5.88. The van der Waals surface area contributed by atoms with Crippen molar-refractivity contribution < 1.29 is 45.5 Å². The molecule has 1 amide bonds. The number of primary amides is 1. The second-order valence-electron chi connectivity index (χ2n) is 12.2. The molecule has 1 heterocycles. The molecule has 0 radical (unpaired) electrons. The predicted octanol–water partition coefficient (Wildman–Crippen LogP) is 0.0969. The Bertz CT molecular complexity index is 1330. The highest BCUT2D eigenvalue weighted by molar-refractivity contribution is 6.00. The van der Waals surface area contributed by atoms with Gasteiger partial charge in [-0.15, -0.1) is 0 Å². The van der Waals surface area contributed by atoms with Crippen molar-refractivity contribution in [2.24, 2.45) is 5.73 Å². The number of nitrogens with zero attached hydrogens (tertiary/aromatic N) is 3. The number of carbonyl (C=O) groups excluding carboxylic acids is 4. The van der Waals surface area contributed by atoms with Crippen LogP contribution in [-0.2, 0) is 25.5 Å². The summed E-state index contributed by atoms with van der Waals surface area (Å²) in [6, 6.07) is 5.41. The maximum Gasteiger partial charge on any atom is 0.310 e. The van der Waals surface area contributed by atoms with E-state index >= 15 is 0 Å². The number of amides is 1. The van der Waals surface area contributed by atoms with Gasteiger partial charge in [-0.05, 0) is 63.6 Å². The molecule has 12 heteroatoms. The van der Waals surface area contributed by atoms with E-state index in [1.807, 2.05) is 34.1 Å². The summed E-state index contributed by atoms with van der Waals surface area (Å²) in [5.41, 5.74) is 9.76. The number of rotatable bonds is 10. The van der Waals surface area contributed by atoms with Gasteiger partial charge in [-0.1, -0.05) is 0 Å². The maximum absolute atomic E-state index is 12.7. The minimum absolute atomic E-state index is 0. The Labute approximate surface area is 253 Å². The molecule has 42 heavy (non-hydrogen) atoms. The van der Waals surface area contributed by atoms with Gasteiger partial charge in [0.2, 0.25) is 0 Å². The SMILES string of the molecule is CC(=O)OC(CC(=O)OC1CCC(Nc2cc(-n3nc(C)c4c3CCCC4=O)ccc2C(N)=O)CC1)C[N+](C)(C)C.[Cl-]. The summed E-state index contributed by atoms with van der Waals surface area (Å²) in [7, 11) is 5.92. The summed E-state index contributed by atoms with van der Waals surface area (Å²) in [5.74, 6) is -1.21. The number of likely N-dealkylation sites (N-methyl/N-ethyl adjacent to an activating group) is 1. The normalized spacial score (nSPS) is 19.2. The molecule has 0 bridgehead atoms. The van der Waals surface area contributed by atoms with E-state index in [1.165, 1.54) is 6.92 Å². The largest absolute Gasteiger partial charge is 1.00 e. The van der Waals surface area contributed by atoms with Crippen molar-refractivity contribution in [2.45, 2.75) is 83.5 Å². The Morgan fingerprint density at radius 1 is 1.14 bits per heavy atom. The van der Waals surface area contributed by atoms with Crippen LogP contribution in [0.5, 0.6) is 0 Å². The lowest BCUT2D eigenvalue weighted by Gasteiger charge is -2.31. The number of nitrogens with one attached hydrogen (secondary N) is 1. The van der Waals surface area contributed by atoms with Crippen LogP contribution in [-0.4, -0.2) is 83.8 Å². The van der Waals surface area contributed by atoms with Gasteiger partial charge in [0.15, 0.2) is 11.9 Å². The molecule has 0 aliphatic heterocycles. The Morgan fingerprint density at radius 2 is 1.83 bits per heavy atom. The van der Waals surface area contributed by atoms with Gasteiger partial charge in [0.25, 0.3) is 5.91 Å². The monoisotopic (exact) mass is 603 g/mol. The molecule has 1 saturated carbocycles. The number of aromatic nitrogens is 2. The van der Waals surface area contributed by atoms with E-state index in [0.717, 1.165) is 37.1 Å². The van der Waals surface area contributed by atoms with Crippen molar-refractivity contribution >= 4 is 29.3 Å². The van der Waals surface area contributed by atoms with Crippen LogP contribution in [0.15, 0.2) is 18.2 Å². The van der Waals surface area contributed by atoms with Gasteiger partial charge in [-0.2, -0.15) is 5.10 Å². The van der Waals surface area contributed by atoms with Gasteiger partial charge < -0.3 is 37.4 Å². The van der Waals surface area contributed by atoms with E-state index in [9.17, 15) is 19.2 Å². The number of halogens is 1. The molecular formula is C30H42ClN5O6. The van der Waals surface area contributed by atoms with E-state index < -0.39 is 18.0 Å². The number of ketones is 1. The number of hydrogen-bond acceptors (Lipinski definition) is 8. The average Bonchev–Trinajstić information content (AvgIpc) is 3.21. The molecule has 4 rings (SSSR count). The Morgan fingerprint density at radius 3 is 2.45 bits per heavy atom. The first kappa shape index (κ1) is 33.1. The summed E-state index contributed by atoms with van der Waals surface area (Å²) in [5, 5.41) is 8.12. The van der Waals surface area contributed by atoms with Gasteiger partial charge in [0, 0.05) is 25.1 Å². The minimum Gasteiger partial charge on any atom is -1.00 e. The van der Waals surface area contributed by atoms with E-state index in [4.69, 9.17) is 15.2 Å². The zero-order valence-corrected chi connectivity index (χ0v) is 25.8. The van der Waals surface area contributed by atoms with E-state index in [0.29, 0.717) is 52.8 Å². The van der Waals surface area contributed by atoms with E-state index in [2.05, 4.69) is 10.4 Å². The first-order chi connectivity index (χ1) is 19.3. The summed E-state index contributed by atoms with van der Waals surface area (Å²) >= 11 is 0. The lowest BCUT2D eigenvalue weighted by Crippen LogP contribution is -3.00. The zero-order valence-electron chi connectivity index (χ0n) is 25.1. The zero-order chi connectivity index (χ0) is 29.9. The van der Waals surface area contributed by atoms with Crippen LogP contribution < -0.4 is 23.5 Å². The molecule has 230 valence electrons. The highest BCUT2D eigenvalue weighted by Gasteiger charge is 2.30. The quantitative estimate of drug-likeness (QED) is 0.288. The van der Waals surface area contributed by atoms with Gasteiger partial charge in [-0.3, -0.25) is 19.2 Å². The summed E-state index contributed by atoms with van der Waals surface area (Å²) in [6.07, 6.45) is 4.14. The van der Waals surface area contributed by atoms with Crippen LogP contribution in [0.1, 0.15) is 84.0 Å². The smallest absolute Gasteiger partial charge is 0.310 e. The maximum atomic E-state index is 12.7. The molecule has 1 aromatic carbocycles. The van der Waals surface area contributed by atoms with Crippen LogP contribution in [0.2, 0.25) is 0 Å². The first-order valence-electron chi connectivity index (χ1n) is 14.3. The molecule has 0 spiro atoms. The second-order valence-corrected chi connectivity index (χ2v) is 12.2. The summed E-state index contributed by atoms with van der Waals surface area (Å²) < 4.78 is 13.4. The summed E-state index contributed by atoms with van der Waals surface area (Å²) in [4.78, 5) is 48.9. The highest BCUT2D eigenvalue weighted by atomic mass is 35.5. The van der Waals surface area contributed by atoms with Gasteiger partial charge in [-0.25, -0.2) is 4.68 Å². The summed E-state index contributed by atoms with van der Waals surface area (Å²) in [6.45, 7) is 3.69. The van der Waals surface area contributed by atoms with Crippen molar-refractivity contribution in [1.82, 2.24) is 9.78 Å². The standard InChI is InChI=1S/C30H41N5O6.ClH/c1-18-29-26(7-6-8-27(29)37)34(33-18)21-11-14-24(30(31)39)25(15-21)32-20-9-12-22(13-10-20)41-28(38)16-23(40-19(2)36)17-35(3,4)5;/h11,14-15,20,22-23H,6-10,12-13,16-17H2,1-5H3,(H2-,31,32,39);1H. The van der Waals surface area contributed by atoms with Crippen LogP contribution >= 0.6 is 0 Å². The number of Topliss-reactive ketones (excluding diaryl/α,β-unsaturated/α-hetero) is 1. The number of benzene rings is 1. The van der Waals surface area contributed by atoms with Gasteiger partial charge in [0.05, 0.1) is 55.8 Å². The Kier molecular flexibility index (Phi) is 10.8. The van der Waals surface area contributed by atoms with Crippen molar-refractivity contribution in [3.8, 4) is 5.69 Å². The molecule has 11 nitrogen and oxygen atoms in total. The predicted molar refractivity (Wildman–Crippen MR) is 153 cm³/mol. The van der Waals surface area contributed by atoms with Crippen LogP contribution in [0.4, 0.5) is 5.69 Å². The van der Waals surface area contributed by atoms with Gasteiger partial charge >= 0.3 is 11.9 Å². The third-order valence-corrected chi connectivity index (χ3v) is 7.58. The van der Waals surface area contributed by atoms with Crippen LogP contribution in [0.25, 0.3) is 5.69 Å². The third-order valence-electron chi connectivity index (χ3n) is 7.58. The molecule has 1 aromatic heterocycles. The number of quaternary nitrogens is 1. The van der Waals surface area contributed by atoms with Crippen molar-refractivity contribution in [1.29, 1.82) is 0 Å². The number of ether oxygens (including phenoxy) is 2. The van der Waals surface area contributed by atoms with Crippen LogP contribution in [0, 0.1) is 6.92 Å². The lowest BCUT2D eigenvalue weighted by molar-refractivity contribution is -0.873. The number of esters is 2. The third kappa shape index (κ3) is 8.32. The lowest BCUT2D eigenvalue weighted by atomic mass is 9.92. The number of anilines is 1. The number of hydrogen-bond donors (Lipinski definition) is 2. The molecule has 0 saturated heterocycles. The average molecular weight is 604 g/mol. The molecule has 3 N–H and O–H groups in total. The number of nitrogens with two attached hydrogens (primary N) is 1. The van der Waals surface area contributed by atoms with E-state index in [-0.39, 0.29) is 42.7 Å². The Balaban J connectivity index is 0.00000484. The van der Waals surface area contributed by atoms with Crippen molar-refractivity contribution in [2.75, 3.05) is 33.0 Å². The molecule has 2 aliphatic carbocycles. The van der Waals surface area contributed by atoms with Crippen LogP contribution in [0.3, 0.4) is 0 Å². The molecule has 1 atom stereocenters. The van der Waals surface area contributed by atoms with Crippen molar-refractivity contribution in [3.05, 3.63) is 40.7 Å². The highest BCUT2D eigenvalue weighted by Crippen LogP contribution is 2.30. The minimum atomic E-state index is -0.542. The molecule has 2 aliphatic rings. The number of carbonyl (C=O) groups is 4. The Hall–Kier alpha value is -3.44. The number of aryl methyl sites for hydroxylation is 1. The second kappa shape index (κ2) is 13.7. The van der Waals surface area contributed by atoms with Gasteiger partial charge in [0.1, 0.15) is 12.6 Å².